The molecule has 0 atom stereocenters. The third-order valence-electron chi connectivity index (χ3n) is 13.5. The average Bonchev–Trinajstić information content (AvgIpc) is 3.85. The fraction of sp³-hybridized carbons (Fsp3) is 0.500. The number of H-pyrrole nitrogens is 2. The number of aliphatic hydroxyl groups is 2. The highest BCUT2D eigenvalue weighted by Crippen LogP contribution is 2.34. The lowest BCUT2D eigenvalue weighted by Gasteiger charge is -2.33. The number of nitrogens with one attached hydrogen (secondary N) is 2. The lowest BCUT2D eigenvalue weighted by atomic mass is 10.1. The molecule has 2 aromatic carbocycles. The molecule has 6 aromatic rings. The molecule has 0 bridgehead atoms. The number of hydrogen-bond acceptors (Lipinski definition) is 17. The Morgan fingerprint density at radius 1 is 0.654 bits per heavy atom. The first-order valence-corrected chi connectivity index (χ1v) is 28.4. The fourth-order valence-corrected chi connectivity index (χ4v) is 12.6. The summed E-state index contributed by atoms with van der Waals surface area (Å²) in [6, 6.07) is 9.16. The van der Waals surface area contributed by atoms with Crippen LogP contribution < -0.4 is 20.6 Å². The quantitative estimate of drug-likeness (QED) is 0.0457. The van der Waals surface area contributed by atoms with E-state index in [1.165, 1.54) is 44.5 Å². The van der Waals surface area contributed by atoms with Crippen molar-refractivity contribution in [1.29, 1.82) is 0 Å². The first kappa shape index (κ1) is 62.5. The molecule has 428 valence electrons. The number of aryl methyl sites for hydroxylation is 4. The minimum Gasteiger partial charge on any atom is -0.493 e. The second-order valence-corrected chi connectivity index (χ2v) is 22.1. The maximum Gasteiger partial charge on any atom is 0.275 e. The molecule has 2 aliphatic heterocycles. The van der Waals surface area contributed by atoms with Crippen LogP contribution in [0.2, 0.25) is 0 Å². The molecule has 8 rings (SSSR count). The van der Waals surface area contributed by atoms with E-state index in [0.29, 0.717) is 136 Å². The van der Waals surface area contributed by atoms with E-state index in [4.69, 9.17) is 24.5 Å². The molecule has 2 fully saturated rings. The summed E-state index contributed by atoms with van der Waals surface area (Å²) < 4.78 is 71.6. The van der Waals surface area contributed by atoms with Gasteiger partial charge >= 0.3 is 0 Å². The third kappa shape index (κ3) is 12.9. The highest BCUT2D eigenvalue weighted by molar-refractivity contribution is 7.89. The van der Waals surface area contributed by atoms with Crippen molar-refractivity contribution in [2.24, 2.45) is 5.16 Å². The van der Waals surface area contributed by atoms with Crippen LogP contribution in [0, 0.1) is 13.8 Å². The fourth-order valence-electron chi connectivity index (χ4n) is 9.71. The van der Waals surface area contributed by atoms with Gasteiger partial charge in [0.1, 0.15) is 29.6 Å². The van der Waals surface area contributed by atoms with E-state index < -0.39 is 25.6 Å². The van der Waals surface area contributed by atoms with Crippen molar-refractivity contribution in [1.82, 2.24) is 47.6 Å². The molecule has 0 spiro atoms. The van der Waals surface area contributed by atoms with E-state index >= 15 is 0 Å². The van der Waals surface area contributed by atoms with Crippen molar-refractivity contribution in [2.75, 3.05) is 99.0 Å². The number of oxime groups is 1. The monoisotopic (exact) mass is 1130 g/mol. The van der Waals surface area contributed by atoms with E-state index in [-0.39, 0.29) is 58.6 Å². The molecule has 4 aromatic heterocycles. The molecule has 6 N–H and O–H groups in total. The van der Waals surface area contributed by atoms with Crippen LogP contribution in [0.5, 0.6) is 11.5 Å². The van der Waals surface area contributed by atoms with Crippen molar-refractivity contribution in [3.63, 3.8) is 0 Å². The Balaban J connectivity index is 0.000000281. The predicted molar refractivity (Wildman–Crippen MR) is 297 cm³/mol. The lowest BCUT2D eigenvalue weighted by molar-refractivity contribution is 0.112. The van der Waals surface area contributed by atoms with E-state index in [1.54, 1.807) is 29.8 Å². The van der Waals surface area contributed by atoms with Crippen LogP contribution in [0.1, 0.15) is 86.4 Å². The molecule has 78 heavy (non-hydrogen) atoms. The van der Waals surface area contributed by atoms with Gasteiger partial charge in [0.05, 0.1) is 64.9 Å². The van der Waals surface area contributed by atoms with Gasteiger partial charge < -0.3 is 40.0 Å². The molecule has 0 aliphatic carbocycles. The third-order valence-corrected chi connectivity index (χ3v) is 17.3. The minimum absolute atomic E-state index is 0. The number of aromatic amines is 2. The van der Waals surface area contributed by atoms with Crippen molar-refractivity contribution in [3.8, 4) is 34.3 Å². The van der Waals surface area contributed by atoms with E-state index in [0.717, 1.165) is 35.9 Å². The van der Waals surface area contributed by atoms with Crippen LogP contribution in [-0.4, -0.2) is 192 Å². The first-order valence-electron chi connectivity index (χ1n) is 25.5. The number of β-amino-alcohol motifs (C(OH)–C–C–N with tert-alkyl or cyclic N) is 2. The van der Waals surface area contributed by atoms with Crippen LogP contribution in [0.15, 0.2) is 60.9 Å². The smallest absolute Gasteiger partial charge is 0.275 e. The van der Waals surface area contributed by atoms with Gasteiger partial charge in [-0.25, -0.2) is 25.9 Å². The number of benzene rings is 2. The normalized spacial score (nSPS) is 15.0. The van der Waals surface area contributed by atoms with Crippen molar-refractivity contribution in [2.45, 2.75) is 84.4 Å². The zero-order chi connectivity index (χ0) is 54.9. The van der Waals surface area contributed by atoms with Crippen LogP contribution in [0.3, 0.4) is 0 Å². The number of ether oxygens (including phenoxy) is 2. The van der Waals surface area contributed by atoms with Crippen LogP contribution in [0.25, 0.3) is 33.8 Å². The molecule has 2 saturated heterocycles. The molecular formula is C52H75N11O13S2. The number of hydrogen-bond donors (Lipinski definition) is 4. The van der Waals surface area contributed by atoms with Crippen LogP contribution in [-0.2, 0) is 37.7 Å². The number of nitrogens with zero attached hydrogens (tertiary/aromatic N) is 9. The van der Waals surface area contributed by atoms with E-state index in [1.807, 2.05) is 44.4 Å². The molecule has 26 heteroatoms. The number of piperazine rings is 2. The molecular weight excluding hydrogens is 1050 g/mol. The second kappa shape index (κ2) is 27.5. The van der Waals surface area contributed by atoms with E-state index in [9.17, 15) is 36.3 Å². The summed E-state index contributed by atoms with van der Waals surface area (Å²) in [6.07, 6.45) is 5.08. The Morgan fingerprint density at radius 3 is 1.41 bits per heavy atom. The number of fused-ring (bicyclic) bond motifs is 2. The second-order valence-electron chi connectivity index (χ2n) is 18.3. The van der Waals surface area contributed by atoms with Crippen molar-refractivity contribution in [3.05, 3.63) is 90.7 Å². The highest BCUT2D eigenvalue weighted by Gasteiger charge is 2.32. The number of sulfonamides is 2. The van der Waals surface area contributed by atoms with Crippen molar-refractivity contribution < 1.29 is 51.6 Å². The summed E-state index contributed by atoms with van der Waals surface area (Å²) in [4.78, 5) is 53.0. The van der Waals surface area contributed by atoms with E-state index in [2.05, 4.69) is 20.2 Å². The first-order chi connectivity index (χ1) is 36.5. The molecule has 0 amide bonds. The van der Waals surface area contributed by atoms with Gasteiger partial charge in [-0.2, -0.15) is 8.61 Å². The Kier molecular flexibility index (Phi) is 22.0. The number of rotatable bonds is 21. The highest BCUT2D eigenvalue weighted by atomic mass is 32.2. The Labute approximate surface area is 454 Å². The molecule has 2 aliphatic rings. The van der Waals surface area contributed by atoms with Gasteiger partial charge in [-0.1, -0.05) is 39.3 Å². The minimum atomic E-state index is -3.82. The van der Waals surface area contributed by atoms with Gasteiger partial charge in [-0.15, -0.1) is 10.2 Å². The molecule has 24 nitrogen and oxygen atoms in total. The van der Waals surface area contributed by atoms with Gasteiger partial charge in [-0.05, 0) is 88.1 Å². The summed E-state index contributed by atoms with van der Waals surface area (Å²) in [5.41, 5.74) is 4.53. The standard InChI is InChI=1S/C26H36N6O6S.C25H33N5O6S.CH4.H2O/c1-5-7-22-21(17-27-37-4)18(3)24-26(34)28-25(29-32(22)24)20-16-19(8-9-23(20)38-6-2)39(35,36)31-12-10-30(11-13-31)14-15-33;1-4-6-21-20(16-32)17(3)23-25(33)26-24(27-30(21)23)19-15-18(7-8-22(19)36-5-2)37(34,35)29-11-9-28(10-12-29)13-14-31;;/h8-9,16-17,33H,5-7,10-15H2,1-4H3,(H,28,29,34);7-8,15-16,31H,4-6,9-14H2,1-3H3,(H,26,27,33);1H4;1H2/b27-17+;;;. The maximum absolute atomic E-state index is 13.6. The summed E-state index contributed by atoms with van der Waals surface area (Å²) in [5.74, 6) is 1.14. The SMILES string of the molecule is C.CCCc1c(/C=N/OC)c(C)c2c(=O)[nH]c(-c3cc(S(=O)(=O)N4CCN(CCO)CC4)ccc3OCC)nn12.CCCc1c(C=O)c(C)c2c(=O)[nH]c(-c3cc(S(=O)(=O)N4CCN(CCO)CC4)ccc3OCC)nn12.O. The lowest BCUT2D eigenvalue weighted by Crippen LogP contribution is -2.49. The molecule has 0 radical (unpaired) electrons. The number of aldehydes is 1. The van der Waals surface area contributed by atoms with Crippen LogP contribution >= 0.6 is 0 Å². The Morgan fingerprint density at radius 2 is 1.05 bits per heavy atom. The summed E-state index contributed by atoms with van der Waals surface area (Å²) in [5, 5.41) is 31.7. The van der Waals surface area contributed by atoms with Crippen LogP contribution in [0.4, 0.5) is 0 Å². The Bertz CT molecular complexity index is 3410. The Hall–Kier alpha value is -6.36. The largest absolute Gasteiger partial charge is 0.493 e. The van der Waals surface area contributed by atoms with Gasteiger partial charge in [0.2, 0.25) is 20.0 Å². The summed E-state index contributed by atoms with van der Waals surface area (Å²) >= 11 is 0. The van der Waals surface area contributed by atoms with Gasteiger partial charge in [-0.3, -0.25) is 24.2 Å². The summed E-state index contributed by atoms with van der Waals surface area (Å²) in [6.45, 7) is 16.4. The number of aromatic nitrogens is 6. The molecule has 0 unspecified atom stereocenters. The molecule has 0 saturated carbocycles. The number of carbonyl (C=O) groups excluding carboxylic acids is 1. The molecule has 6 heterocycles. The average molecular weight is 1130 g/mol. The van der Waals surface area contributed by atoms with Gasteiger partial charge in [0, 0.05) is 76.6 Å². The zero-order valence-electron chi connectivity index (χ0n) is 44.7. The van der Waals surface area contributed by atoms with Crippen molar-refractivity contribution >= 4 is 43.6 Å². The predicted octanol–water partition coefficient (Wildman–Crippen LogP) is 2.90. The maximum atomic E-state index is 13.6. The van der Waals surface area contributed by atoms with Gasteiger partial charge in [0.25, 0.3) is 11.1 Å². The van der Waals surface area contributed by atoms with Gasteiger partial charge in [0.15, 0.2) is 17.9 Å². The number of carbonyl (C=O) groups is 1. The number of aliphatic hydroxyl groups excluding tert-OH is 2. The summed E-state index contributed by atoms with van der Waals surface area (Å²) in [7, 11) is -6.18. The topological polar surface area (TPSA) is 311 Å². The zero-order valence-corrected chi connectivity index (χ0v) is 46.3.